The van der Waals surface area contributed by atoms with Gasteiger partial charge in [-0.25, -0.2) is 9.67 Å². The number of aliphatic hydroxyl groups excluding tert-OH is 1. The van der Waals surface area contributed by atoms with Gasteiger partial charge in [-0.15, -0.1) is 0 Å². The molecule has 0 bridgehead atoms. The van der Waals surface area contributed by atoms with Gasteiger partial charge in [0.05, 0.1) is 18.3 Å². The molecule has 0 unspecified atom stereocenters. The number of aromatic nitrogens is 3. The maximum absolute atomic E-state index is 9.09. The van der Waals surface area contributed by atoms with Crippen LogP contribution in [0.3, 0.4) is 0 Å². The van der Waals surface area contributed by atoms with Gasteiger partial charge in [-0.3, -0.25) is 0 Å². The number of rotatable bonds is 2. The van der Waals surface area contributed by atoms with Crippen LogP contribution in [-0.2, 0) is 6.61 Å². The highest BCUT2D eigenvalue weighted by atomic mass is 16.3. The van der Waals surface area contributed by atoms with Crippen molar-refractivity contribution < 1.29 is 5.11 Å². The lowest BCUT2D eigenvalue weighted by atomic mass is 10.2. The number of benzene rings is 1. The van der Waals surface area contributed by atoms with Gasteiger partial charge in [0.2, 0.25) is 0 Å². The van der Waals surface area contributed by atoms with Gasteiger partial charge >= 0.3 is 0 Å². The molecule has 0 aliphatic rings. The first-order valence-electron chi connectivity index (χ1n) is 5.79. The summed E-state index contributed by atoms with van der Waals surface area (Å²) in [6.07, 6.45) is 3.51. The summed E-state index contributed by atoms with van der Waals surface area (Å²) >= 11 is 0. The summed E-state index contributed by atoms with van der Waals surface area (Å²) < 4.78 is 1.83. The fourth-order valence-electron chi connectivity index (χ4n) is 2.07. The zero-order valence-corrected chi connectivity index (χ0v) is 10.0. The fourth-order valence-corrected chi connectivity index (χ4v) is 2.07. The predicted molar refractivity (Wildman–Crippen MR) is 69.5 cm³/mol. The topological polar surface area (TPSA) is 50.9 Å². The molecule has 3 rings (SSSR count). The van der Waals surface area contributed by atoms with Crippen molar-refractivity contribution in [2.45, 2.75) is 13.5 Å². The number of aliphatic hydroxyl groups is 1. The van der Waals surface area contributed by atoms with Crippen molar-refractivity contribution >= 4 is 10.9 Å². The molecule has 0 spiro atoms. The highest BCUT2D eigenvalue weighted by molar-refractivity contribution is 5.79. The maximum Gasteiger partial charge on any atom is 0.156 e. The van der Waals surface area contributed by atoms with E-state index in [4.69, 9.17) is 5.11 Å². The molecule has 0 atom stereocenters. The number of hydrogen-bond donors (Lipinski definition) is 1. The molecular weight excluding hydrogens is 226 g/mol. The number of fused-ring (bicyclic) bond motifs is 1. The number of para-hydroxylation sites is 1. The van der Waals surface area contributed by atoms with Crippen molar-refractivity contribution in [3.8, 4) is 5.82 Å². The van der Waals surface area contributed by atoms with E-state index in [1.54, 1.807) is 6.20 Å². The second kappa shape index (κ2) is 4.23. The third-order valence-electron chi connectivity index (χ3n) is 2.97. The smallest absolute Gasteiger partial charge is 0.156 e. The molecule has 0 radical (unpaired) electrons. The van der Waals surface area contributed by atoms with E-state index in [1.165, 1.54) is 0 Å². The average molecular weight is 239 g/mol. The molecule has 2 heterocycles. The Bertz CT molecular complexity index is 703. The van der Waals surface area contributed by atoms with Crippen molar-refractivity contribution in [2.24, 2.45) is 0 Å². The Labute approximate surface area is 105 Å². The van der Waals surface area contributed by atoms with Crippen LogP contribution < -0.4 is 0 Å². The lowest BCUT2D eigenvalue weighted by molar-refractivity contribution is 0.281. The third kappa shape index (κ3) is 1.67. The third-order valence-corrected chi connectivity index (χ3v) is 2.97. The van der Waals surface area contributed by atoms with Crippen LogP contribution >= 0.6 is 0 Å². The molecule has 1 N–H and O–H groups in total. The quantitative estimate of drug-likeness (QED) is 0.746. The van der Waals surface area contributed by atoms with Crippen LogP contribution in [-0.4, -0.2) is 19.9 Å². The van der Waals surface area contributed by atoms with Gasteiger partial charge in [0, 0.05) is 11.6 Å². The Balaban J connectivity index is 2.20. The van der Waals surface area contributed by atoms with Crippen LogP contribution in [0.1, 0.15) is 11.1 Å². The number of hydrogen-bond acceptors (Lipinski definition) is 3. The van der Waals surface area contributed by atoms with Crippen LogP contribution in [0, 0.1) is 6.92 Å². The van der Waals surface area contributed by atoms with Gasteiger partial charge in [-0.05, 0) is 30.2 Å². The van der Waals surface area contributed by atoms with E-state index in [1.807, 2.05) is 48.1 Å². The van der Waals surface area contributed by atoms with Gasteiger partial charge in [-0.1, -0.05) is 18.2 Å². The Morgan fingerprint density at radius 1 is 1.22 bits per heavy atom. The van der Waals surface area contributed by atoms with E-state index in [-0.39, 0.29) is 6.61 Å². The van der Waals surface area contributed by atoms with Crippen LogP contribution in [0.15, 0.2) is 42.7 Å². The van der Waals surface area contributed by atoms with Crippen LogP contribution in [0.2, 0.25) is 0 Å². The van der Waals surface area contributed by atoms with Crippen LogP contribution in [0.4, 0.5) is 0 Å². The summed E-state index contributed by atoms with van der Waals surface area (Å²) in [6.45, 7) is 1.98. The van der Waals surface area contributed by atoms with Crippen molar-refractivity contribution in [2.75, 3.05) is 0 Å². The number of pyridine rings is 1. The average Bonchev–Trinajstić information content (AvgIpc) is 2.82. The van der Waals surface area contributed by atoms with Crippen molar-refractivity contribution in [1.82, 2.24) is 14.8 Å². The van der Waals surface area contributed by atoms with E-state index in [9.17, 15) is 0 Å². The molecule has 4 nitrogen and oxygen atoms in total. The SMILES string of the molecule is Cc1cc(CO)cnc1-n1ncc2ccccc21. The standard InChI is InChI=1S/C14H13N3O/c1-10-6-11(9-18)7-15-14(10)17-13-5-3-2-4-12(13)8-16-17/h2-8,18H,9H2,1H3. The Morgan fingerprint density at radius 2 is 2.06 bits per heavy atom. The summed E-state index contributed by atoms with van der Waals surface area (Å²) in [5.41, 5.74) is 2.84. The second-order valence-electron chi connectivity index (χ2n) is 4.26. The number of aryl methyl sites for hydroxylation is 1. The van der Waals surface area contributed by atoms with E-state index in [0.29, 0.717) is 0 Å². The molecule has 0 saturated carbocycles. The summed E-state index contributed by atoms with van der Waals surface area (Å²) in [6, 6.07) is 9.94. The predicted octanol–water partition coefficient (Wildman–Crippen LogP) is 2.22. The largest absolute Gasteiger partial charge is 0.392 e. The summed E-state index contributed by atoms with van der Waals surface area (Å²) in [5, 5.41) is 14.6. The van der Waals surface area contributed by atoms with E-state index >= 15 is 0 Å². The molecule has 3 aromatic rings. The molecule has 18 heavy (non-hydrogen) atoms. The maximum atomic E-state index is 9.09. The van der Waals surface area contributed by atoms with E-state index in [0.717, 1.165) is 27.8 Å². The zero-order chi connectivity index (χ0) is 12.5. The first kappa shape index (κ1) is 10.9. The molecule has 0 saturated heterocycles. The lowest BCUT2D eigenvalue weighted by Crippen LogP contribution is -2.03. The first-order valence-corrected chi connectivity index (χ1v) is 5.79. The van der Waals surface area contributed by atoms with Gasteiger partial charge in [0.25, 0.3) is 0 Å². The zero-order valence-electron chi connectivity index (χ0n) is 10.0. The normalized spacial score (nSPS) is 11.0. The molecule has 2 aromatic heterocycles. The van der Waals surface area contributed by atoms with Crippen LogP contribution in [0.5, 0.6) is 0 Å². The lowest BCUT2D eigenvalue weighted by Gasteiger charge is -2.07. The molecule has 90 valence electrons. The highest BCUT2D eigenvalue weighted by Gasteiger charge is 2.08. The van der Waals surface area contributed by atoms with Gasteiger partial charge in [-0.2, -0.15) is 5.10 Å². The summed E-state index contributed by atoms with van der Waals surface area (Å²) in [7, 11) is 0. The molecule has 0 fully saturated rings. The monoisotopic (exact) mass is 239 g/mol. The minimum Gasteiger partial charge on any atom is -0.392 e. The van der Waals surface area contributed by atoms with Crippen molar-refractivity contribution in [1.29, 1.82) is 0 Å². The van der Waals surface area contributed by atoms with Crippen LogP contribution in [0.25, 0.3) is 16.7 Å². The molecular formula is C14H13N3O. The second-order valence-corrected chi connectivity index (χ2v) is 4.26. The Kier molecular flexibility index (Phi) is 2.57. The highest BCUT2D eigenvalue weighted by Crippen LogP contribution is 2.19. The molecule has 1 aromatic carbocycles. The van der Waals surface area contributed by atoms with E-state index in [2.05, 4.69) is 10.1 Å². The Hall–Kier alpha value is -2.20. The summed E-state index contributed by atoms with van der Waals surface area (Å²) in [5.74, 6) is 0.799. The van der Waals surface area contributed by atoms with Crippen molar-refractivity contribution in [3.63, 3.8) is 0 Å². The molecule has 0 aliphatic heterocycles. The van der Waals surface area contributed by atoms with Gasteiger partial charge < -0.3 is 5.11 Å². The van der Waals surface area contributed by atoms with E-state index < -0.39 is 0 Å². The van der Waals surface area contributed by atoms with Gasteiger partial charge in [0.15, 0.2) is 5.82 Å². The fraction of sp³-hybridized carbons (Fsp3) is 0.143. The molecule has 0 aliphatic carbocycles. The molecule has 4 heteroatoms. The van der Waals surface area contributed by atoms with Crippen molar-refractivity contribution in [3.05, 3.63) is 53.9 Å². The minimum absolute atomic E-state index is 0.00791. The van der Waals surface area contributed by atoms with Gasteiger partial charge in [0.1, 0.15) is 0 Å². The summed E-state index contributed by atoms with van der Waals surface area (Å²) in [4.78, 5) is 4.38. The number of nitrogens with zero attached hydrogens (tertiary/aromatic N) is 3. The minimum atomic E-state index is 0.00791. The molecule has 0 amide bonds. The Morgan fingerprint density at radius 3 is 2.83 bits per heavy atom. The first-order chi connectivity index (χ1) is 8.79.